The first-order valence-electron chi connectivity index (χ1n) is 10.2. The number of carbonyl (C=O) groups excluding carboxylic acids is 1. The SMILES string of the molecule is CC(C)COc1cc(C(=O)N[C@@H]2C[C@@H]3CC[C@H]2N3C#N)ccc1-c1cn(C)cn1. The molecule has 3 atom stereocenters. The average Bonchev–Trinajstić information content (AvgIpc) is 3.39. The smallest absolute Gasteiger partial charge is 0.251 e. The van der Waals surface area contributed by atoms with Gasteiger partial charge in [0.15, 0.2) is 6.19 Å². The zero-order valence-corrected chi connectivity index (χ0v) is 17.1. The van der Waals surface area contributed by atoms with Gasteiger partial charge in [0.1, 0.15) is 5.75 Å². The van der Waals surface area contributed by atoms with E-state index in [-0.39, 0.29) is 24.0 Å². The number of nitrogens with one attached hydrogen (secondary N) is 1. The van der Waals surface area contributed by atoms with Crippen molar-refractivity contribution in [3.05, 3.63) is 36.3 Å². The van der Waals surface area contributed by atoms with Gasteiger partial charge in [-0.25, -0.2) is 4.98 Å². The van der Waals surface area contributed by atoms with Crippen LogP contribution in [0, 0.1) is 17.4 Å². The van der Waals surface area contributed by atoms with Gasteiger partial charge in [0.2, 0.25) is 0 Å². The summed E-state index contributed by atoms with van der Waals surface area (Å²) in [6.07, 6.45) is 8.81. The summed E-state index contributed by atoms with van der Waals surface area (Å²) in [5.41, 5.74) is 2.25. The number of ether oxygens (including phenoxy) is 1. The van der Waals surface area contributed by atoms with Crippen molar-refractivity contribution in [3.8, 4) is 23.2 Å². The lowest BCUT2D eigenvalue weighted by molar-refractivity contribution is 0.0928. The molecule has 1 amide bonds. The Morgan fingerprint density at radius 1 is 1.41 bits per heavy atom. The van der Waals surface area contributed by atoms with Gasteiger partial charge in [-0.3, -0.25) is 4.79 Å². The molecule has 3 heterocycles. The van der Waals surface area contributed by atoms with Crippen molar-refractivity contribution in [2.24, 2.45) is 13.0 Å². The number of aromatic nitrogens is 2. The van der Waals surface area contributed by atoms with E-state index in [9.17, 15) is 10.1 Å². The highest BCUT2D eigenvalue weighted by Crippen LogP contribution is 2.37. The predicted molar refractivity (Wildman–Crippen MR) is 109 cm³/mol. The number of hydrogen-bond acceptors (Lipinski definition) is 5. The predicted octanol–water partition coefficient (Wildman–Crippen LogP) is 2.94. The summed E-state index contributed by atoms with van der Waals surface area (Å²) in [4.78, 5) is 19.2. The van der Waals surface area contributed by atoms with Gasteiger partial charge in [-0.1, -0.05) is 13.8 Å². The Balaban J connectivity index is 1.55. The summed E-state index contributed by atoms with van der Waals surface area (Å²) < 4.78 is 7.91. The van der Waals surface area contributed by atoms with E-state index in [0.717, 1.165) is 30.5 Å². The molecule has 29 heavy (non-hydrogen) atoms. The molecule has 4 rings (SSSR count). The Labute approximate surface area is 171 Å². The molecule has 7 heteroatoms. The third-order valence-corrected chi connectivity index (χ3v) is 5.77. The summed E-state index contributed by atoms with van der Waals surface area (Å²) in [7, 11) is 1.92. The van der Waals surface area contributed by atoms with Crippen molar-refractivity contribution in [1.29, 1.82) is 5.26 Å². The van der Waals surface area contributed by atoms with Crippen molar-refractivity contribution < 1.29 is 9.53 Å². The summed E-state index contributed by atoms with van der Waals surface area (Å²) in [5.74, 6) is 0.911. The van der Waals surface area contributed by atoms with Crippen LogP contribution < -0.4 is 10.1 Å². The minimum atomic E-state index is -0.123. The summed E-state index contributed by atoms with van der Waals surface area (Å²) in [5, 5.41) is 12.5. The van der Waals surface area contributed by atoms with Crippen LogP contribution in [-0.4, -0.2) is 45.1 Å². The number of hydrogen-bond donors (Lipinski definition) is 1. The summed E-state index contributed by atoms with van der Waals surface area (Å²) >= 11 is 0. The van der Waals surface area contributed by atoms with Gasteiger partial charge in [0, 0.05) is 30.4 Å². The quantitative estimate of drug-likeness (QED) is 0.763. The van der Waals surface area contributed by atoms with Crippen LogP contribution in [0.25, 0.3) is 11.3 Å². The van der Waals surface area contributed by atoms with Gasteiger partial charge in [0.25, 0.3) is 5.91 Å². The first-order valence-corrected chi connectivity index (χ1v) is 10.2. The van der Waals surface area contributed by atoms with Gasteiger partial charge < -0.3 is 19.5 Å². The van der Waals surface area contributed by atoms with Crippen molar-refractivity contribution in [2.45, 2.75) is 51.2 Å². The van der Waals surface area contributed by atoms with E-state index in [2.05, 4.69) is 30.3 Å². The monoisotopic (exact) mass is 393 g/mol. The van der Waals surface area contributed by atoms with E-state index in [4.69, 9.17) is 4.74 Å². The topological polar surface area (TPSA) is 83.2 Å². The third-order valence-electron chi connectivity index (χ3n) is 5.77. The fourth-order valence-corrected chi connectivity index (χ4v) is 4.35. The number of amides is 1. The third kappa shape index (κ3) is 3.80. The lowest BCUT2D eigenvalue weighted by atomic mass is 9.95. The number of rotatable bonds is 6. The zero-order chi connectivity index (χ0) is 20.5. The number of imidazole rings is 1. The molecule has 0 spiro atoms. The van der Waals surface area contributed by atoms with E-state index >= 15 is 0 Å². The molecule has 2 aliphatic heterocycles. The van der Waals surface area contributed by atoms with Crippen LogP contribution in [0.15, 0.2) is 30.7 Å². The highest BCUT2D eigenvalue weighted by Gasteiger charge is 2.46. The second kappa shape index (κ2) is 7.78. The van der Waals surface area contributed by atoms with Gasteiger partial charge in [-0.15, -0.1) is 0 Å². The second-order valence-electron chi connectivity index (χ2n) is 8.46. The molecular weight excluding hydrogens is 366 g/mol. The summed E-state index contributed by atoms with van der Waals surface area (Å²) in [6.45, 7) is 4.74. The van der Waals surface area contributed by atoms with Gasteiger partial charge >= 0.3 is 0 Å². The lowest BCUT2D eigenvalue weighted by Gasteiger charge is -2.22. The standard InChI is InChI=1S/C22H27N5O2/c1-14(2)11-29-21-8-15(4-6-17(21)19-10-26(3)13-24-19)22(28)25-18-9-16-5-7-20(18)27(16)12-23/h4,6,8,10,13-14,16,18,20H,5,7,9,11H2,1-3H3,(H,25,28)/t16-,18+,20+/m0/s1. The van der Waals surface area contributed by atoms with E-state index in [0.29, 0.717) is 23.8 Å². The summed E-state index contributed by atoms with van der Waals surface area (Å²) in [6, 6.07) is 5.94. The average molecular weight is 393 g/mol. The number of carbonyl (C=O) groups is 1. The maximum atomic E-state index is 12.9. The fraction of sp³-hybridized carbons (Fsp3) is 0.500. The van der Waals surface area contributed by atoms with Crippen LogP contribution in [0.3, 0.4) is 0 Å². The Hall–Kier alpha value is -3.01. The van der Waals surface area contributed by atoms with Crippen LogP contribution in [-0.2, 0) is 7.05 Å². The Kier molecular flexibility index (Phi) is 5.18. The maximum absolute atomic E-state index is 12.9. The zero-order valence-electron chi connectivity index (χ0n) is 17.1. The molecule has 0 saturated carbocycles. The molecule has 2 saturated heterocycles. The van der Waals surface area contributed by atoms with E-state index in [1.54, 1.807) is 12.4 Å². The van der Waals surface area contributed by atoms with E-state index < -0.39 is 0 Å². The second-order valence-corrected chi connectivity index (χ2v) is 8.46. The first-order chi connectivity index (χ1) is 14.0. The number of fused-ring (bicyclic) bond motifs is 2. The van der Waals surface area contributed by atoms with Crippen molar-refractivity contribution in [2.75, 3.05) is 6.61 Å². The minimum absolute atomic E-state index is 0.0244. The Morgan fingerprint density at radius 2 is 2.24 bits per heavy atom. The van der Waals surface area contributed by atoms with Crippen molar-refractivity contribution >= 4 is 5.91 Å². The first kappa shape index (κ1) is 19.3. The van der Waals surface area contributed by atoms with Crippen LogP contribution in [0.4, 0.5) is 0 Å². The maximum Gasteiger partial charge on any atom is 0.251 e. The van der Waals surface area contributed by atoms with Crippen LogP contribution in [0.2, 0.25) is 0 Å². The van der Waals surface area contributed by atoms with Gasteiger partial charge in [0.05, 0.1) is 30.7 Å². The molecule has 1 aromatic carbocycles. The number of benzene rings is 1. The van der Waals surface area contributed by atoms with Crippen molar-refractivity contribution in [3.63, 3.8) is 0 Å². The molecule has 2 fully saturated rings. The molecule has 2 aliphatic rings. The molecule has 1 N–H and O–H groups in total. The normalized spacial score (nSPS) is 22.7. The van der Waals surface area contributed by atoms with Crippen LogP contribution >= 0.6 is 0 Å². The van der Waals surface area contributed by atoms with Gasteiger partial charge in [-0.2, -0.15) is 5.26 Å². The minimum Gasteiger partial charge on any atom is -0.493 e. The molecule has 1 aromatic heterocycles. The van der Waals surface area contributed by atoms with Crippen molar-refractivity contribution in [1.82, 2.24) is 19.8 Å². The molecule has 152 valence electrons. The number of nitriles is 1. The number of nitrogens with zero attached hydrogens (tertiary/aromatic N) is 4. The molecule has 7 nitrogen and oxygen atoms in total. The largest absolute Gasteiger partial charge is 0.493 e. The van der Waals surface area contributed by atoms with Crippen LogP contribution in [0.5, 0.6) is 5.75 Å². The molecular formula is C22H27N5O2. The molecule has 2 bridgehead atoms. The highest BCUT2D eigenvalue weighted by atomic mass is 16.5. The lowest BCUT2D eigenvalue weighted by Crippen LogP contribution is -2.43. The Morgan fingerprint density at radius 3 is 2.90 bits per heavy atom. The van der Waals surface area contributed by atoms with E-state index in [1.165, 1.54) is 0 Å². The molecule has 0 aliphatic carbocycles. The van der Waals surface area contributed by atoms with Gasteiger partial charge in [-0.05, 0) is 43.4 Å². The fourth-order valence-electron chi connectivity index (χ4n) is 4.35. The highest BCUT2D eigenvalue weighted by molar-refractivity contribution is 5.95. The Bertz CT molecular complexity index is 945. The van der Waals surface area contributed by atoms with E-state index in [1.807, 2.05) is 34.8 Å². The number of aryl methyl sites for hydroxylation is 1. The van der Waals surface area contributed by atoms with Crippen LogP contribution in [0.1, 0.15) is 43.5 Å². The molecule has 2 aromatic rings. The molecule has 0 radical (unpaired) electrons. The molecule has 0 unspecified atom stereocenters.